The average molecular weight is 495 g/mol. The van der Waals surface area contributed by atoms with Crippen LogP contribution in [-0.2, 0) is 19.2 Å². The fourth-order valence-electron chi connectivity index (χ4n) is 1.49. The van der Waals surface area contributed by atoms with E-state index in [0.717, 1.165) is 0 Å². The van der Waals surface area contributed by atoms with E-state index in [1.54, 1.807) is 0 Å². The summed E-state index contributed by atoms with van der Waals surface area (Å²) >= 11 is 1.25. The van der Waals surface area contributed by atoms with Crippen LogP contribution in [0.5, 0.6) is 0 Å². The van der Waals surface area contributed by atoms with Crippen LogP contribution in [0.15, 0.2) is 34.6 Å². The Bertz CT molecular complexity index is 880. The number of guanidine groups is 1. The molecule has 0 fully saturated rings. The lowest BCUT2D eigenvalue weighted by Crippen LogP contribution is -2.36. The Balaban J connectivity index is 0.00000109. The van der Waals surface area contributed by atoms with Gasteiger partial charge in [0.1, 0.15) is 12.4 Å². The molecule has 0 aromatic carbocycles. The van der Waals surface area contributed by atoms with Gasteiger partial charge in [0.15, 0.2) is 11.1 Å². The molecule has 1 aromatic rings. The molecule has 8 N–H and O–H groups in total. The summed E-state index contributed by atoms with van der Waals surface area (Å²) in [5.41, 5.74) is 10.1. The van der Waals surface area contributed by atoms with Crippen LogP contribution in [0.4, 0.5) is 19.0 Å². The number of primary amides is 1. The molecule has 0 bridgehead atoms. The molecular formula is C16H20F3N7O6S. The van der Waals surface area contributed by atoms with Gasteiger partial charge in [0, 0.05) is 30.6 Å². The first-order valence-electron chi connectivity index (χ1n) is 8.61. The van der Waals surface area contributed by atoms with Crippen molar-refractivity contribution in [3.8, 4) is 0 Å². The molecule has 0 atom stereocenters. The number of nitrogens with two attached hydrogens (primary N) is 2. The van der Waals surface area contributed by atoms with Gasteiger partial charge in [-0.25, -0.2) is 24.5 Å². The summed E-state index contributed by atoms with van der Waals surface area (Å²) in [5.74, 6) is -4.12. The van der Waals surface area contributed by atoms with Gasteiger partial charge in [-0.15, -0.1) is 0 Å². The van der Waals surface area contributed by atoms with Crippen LogP contribution in [0.1, 0.15) is 6.42 Å². The predicted molar refractivity (Wildman–Crippen MR) is 110 cm³/mol. The molecule has 1 heterocycles. The highest BCUT2D eigenvalue weighted by molar-refractivity contribution is 7.99. The topological polar surface area (TPSA) is 223 Å². The third-order valence-electron chi connectivity index (χ3n) is 2.75. The molecular weight excluding hydrogens is 475 g/mol. The van der Waals surface area contributed by atoms with Crippen molar-refractivity contribution in [1.82, 2.24) is 15.3 Å². The molecule has 1 rings (SSSR count). The molecule has 182 valence electrons. The maximum absolute atomic E-state index is 12.0. The van der Waals surface area contributed by atoms with Crippen molar-refractivity contribution in [2.45, 2.75) is 17.8 Å². The number of carbonyl (C=O) groups excluding carboxylic acids is 2. The number of aliphatic imine (C=N–C) groups is 1. The second-order valence-electron chi connectivity index (χ2n) is 5.50. The van der Waals surface area contributed by atoms with Gasteiger partial charge in [-0.05, 0) is 12.5 Å². The maximum Gasteiger partial charge on any atom is 0.408 e. The van der Waals surface area contributed by atoms with E-state index < -0.39 is 42.4 Å². The first-order valence-corrected chi connectivity index (χ1v) is 9.60. The highest BCUT2D eigenvalue weighted by Crippen LogP contribution is 2.16. The van der Waals surface area contributed by atoms with Crippen molar-refractivity contribution < 1.29 is 42.6 Å². The summed E-state index contributed by atoms with van der Waals surface area (Å²) in [4.78, 5) is 51.7. The van der Waals surface area contributed by atoms with Gasteiger partial charge in [-0.3, -0.25) is 9.59 Å². The smallest absolute Gasteiger partial charge is 0.408 e. The quantitative estimate of drug-likeness (QED) is 0.0490. The lowest BCUT2D eigenvalue weighted by molar-refractivity contribution is -0.137. The number of carboxylic acid groups (broad SMARTS) is 2. The lowest BCUT2D eigenvalue weighted by atomic mass is 10.4. The molecule has 0 aliphatic rings. The van der Waals surface area contributed by atoms with E-state index in [4.69, 9.17) is 21.7 Å². The van der Waals surface area contributed by atoms with Crippen LogP contribution >= 0.6 is 11.8 Å². The van der Waals surface area contributed by atoms with E-state index in [-0.39, 0.29) is 12.4 Å². The minimum absolute atomic E-state index is 0.197. The molecule has 0 unspecified atom stereocenters. The number of anilines is 1. The van der Waals surface area contributed by atoms with Crippen molar-refractivity contribution in [1.29, 1.82) is 0 Å². The first kappa shape index (κ1) is 29.1. The van der Waals surface area contributed by atoms with Gasteiger partial charge < -0.3 is 32.3 Å². The van der Waals surface area contributed by atoms with Gasteiger partial charge in [0.2, 0.25) is 0 Å². The van der Waals surface area contributed by atoms with Crippen molar-refractivity contribution in [2.24, 2.45) is 16.5 Å². The highest BCUT2D eigenvalue weighted by atomic mass is 32.2. The molecule has 0 saturated heterocycles. The average Bonchev–Trinajstić information content (AvgIpc) is 2.70. The molecule has 0 aliphatic heterocycles. The number of amides is 2. The summed E-state index contributed by atoms with van der Waals surface area (Å²) in [6.45, 7) is -1.14. The fourth-order valence-corrected chi connectivity index (χ4v) is 2.26. The van der Waals surface area contributed by atoms with Gasteiger partial charge >= 0.3 is 29.9 Å². The number of rotatable bonds is 9. The summed E-state index contributed by atoms with van der Waals surface area (Å²) in [6.07, 6.45) is -1.39. The number of halogens is 3. The minimum Gasteiger partial charge on any atom is -0.478 e. The van der Waals surface area contributed by atoms with Crippen LogP contribution in [0, 0.1) is 0 Å². The summed E-state index contributed by atoms with van der Waals surface area (Å²) in [6, 6.07) is 1.42. The van der Waals surface area contributed by atoms with E-state index in [9.17, 15) is 32.3 Å². The van der Waals surface area contributed by atoms with Crippen LogP contribution < -0.4 is 22.1 Å². The second kappa shape index (κ2) is 15.0. The first-order chi connectivity index (χ1) is 15.3. The minimum atomic E-state index is -4.44. The number of aromatic nitrogens is 2. The van der Waals surface area contributed by atoms with Crippen molar-refractivity contribution in [2.75, 3.05) is 24.2 Å². The summed E-state index contributed by atoms with van der Waals surface area (Å²) < 4.78 is 36.1. The second-order valence-corrected chi connectivity index (χ2v) is 6.56. The van der Waals surface area contributed by atoms with Gasteiger partial charge in [-0.1, -0.05) is 11.8 Å². The number of nitrogens with one attached hydrogen (secondary N) is 2. The van der Waals surface area contributed by atoms with E-state index in [1.165, 1.54) is 24.0 Å². The molecule has 0 saturated carbocycles. The Morgan fingerprint density at radius 3 is 2.27 bits per heavy atom. The summed E-state index contributed by atoms with van der Waals surface area (Å²) in [7, 11) is 0. The van der Waals surface area contributed by atoms with Crippen molar-refractivity contribution in [3.63, 3.8) is 0 Å². The Hall–Kier alpha value is -3.89. The number of hydrogen-bond acceptors (Lipinski definition) is 8. The monoisotopic (exact) mass is 495 g/mol. The van der Waals surface area contributed by atoms with Crippen LogP contribution in [0.25, 0.3) is 0 Å². The molecule has 0 aliphatic carbocycles. The number of nitrogens with zero attached hydrogens (tertiary/aromatic N) is 3. The van der Waals surface area contributed by atoms with Crippen molar-refractivity contribution >= 4 is 47.3 Å². The zero-order chi connectivity index (χ0) is 25.4. The van der Waals surface area contributed by atoms with E-state index in [2.05, 4.69) is 25.6 Å². The molecule has 0 radical (unpaired) electrons. The predicted octanol–water partition coefficient (Wildman–Crippen LogP) is -0.439. The molecule has 2 amide bonds. The normalized spacial score (nSPS) is 11.3. The molecule has 17 heteroatoms. The van der Waals surface area contributed by atoms with Crippen molar-refractivity contribution in [3.05, 3.63) is 24.4 Å². The zero-order valence-electron chi connectivity index (χ0n) is 16.7. The van der Waals surface area contributed by atoms with Gasteiger partial charge in [0.25, 0.3) is 0 Å². The number of thioether (sulfide) groups is 1. The number of carboxylic acids is 2. The van der Waals surface area contributed by atoms with E-state index >= 15 is 0 Å². The van der Waals surface area contributed by atoms with E-state index in [1.807, 2.05) is 0 Å². The Morgan fingerprint density at radius 2 is 1.76 bits per heavy atom. The summed E-state index contributed by atoms with van der Waals surface area (Å²) in [5, 5.41) is 20.7. The Morgan fingerprint density at radius 1 is 1.15 bits per heavy atom. The maximum atomic E-state index is 12.0. The Kier molecular flexibility index (Phi) is 13.2. The Labute approximate surface area is 188 Å². The lowest BCUT2D eigenvalue weighted by Gasteiger charge is -2.07. The number of aliphatic carboxylic acids is 2. The van der Waals surface area contributed by atoms with Gasteiger partial charge in [-0.2, -0.15) is 13.2 Å². The number of alkyl halides is 3. The molecule has 13 nitrogen and oxygen atoms in total. The third kappa shape index (κ3) is 17.5. The number of hydrogen-bond donors (Lipinski definition) is 6. The third-order valence-corrected chi connectivity index (χ3v) is 3.70. The molecule has 0 spiro atoms. The molecule has 1 aromatic heterocycles. The van der Waals surface area contributed by atoms with Crippen LogP contribution in [0.3, 0.4) is 0 Å². The van der Waals surface area contributed by atoms with E-state index in [0.29, 0.717) is 29.5 Å². The highest BCUT2D eigenvalue weighted by Gasteiger charge is 2.26. The van der Waals surface area contributed by atoms with Crippen LogP contribution in [-0.4, -0.2) is 74.9 Å². The zero-order valence-corrected chi connectivity index (χ0v) is 17.5. The molecule has 33 heavy (non-hydrogen) atoms. The standard InChI is InChI=1S/C12H16F3N7O2S.C4H4O4/c13-12(14,15)6-20-10(17)21-7-2-4-19-11(22-7)25-5-1-3-18-9(24)8(16)23;5-3(6)1-2-4(7)8/h2,4H,1,3,5-6H2,(H2,16,23)(H,18,24)(H3,17,19,20,21,22);1-2H,(H,5,6)(H,7,8). The van der Waals surface area contributed by atoms with Crippen LogP contribution in [0.2, 0.25) is 0 Å². The largest absolute Gasteiger partial charge is 0.478 e. The SMILES string of the molecule is NC(=O)C(=O)NCCCSc1nccc(NC(N)=NCC(F)(F)F)n1.O=C(O)C=CC(=O)O. The number of carbonyl (C=O) groups is 4. The van der Waals surface area contributed by atoms with Gasteiger partial charge in [0.05, 0.1) is 0 Å². The fraction of sp³-hybridized carbons (Fsp3) is 0.312.